The highest BCUT2D eigenvalue weighted by atomic mass is 16.8. The topological polar surface area (TPSA) is 108 Å². The highest BCUT2D eigenvalue weighted by Gasteiger charge is 2.64. The fourth-order valence-corrected chi connectivity index (χ4v) is 4.63. The van der Waals surface area contributed by atoms with Gasteiger partial charge in [-0.05, 0) is 27.7 Å². The summed E-state index contributed by atoms with van der Waals surface area (Å²) in [5, 5.41) is 0. The third-order valence-corrected chi connectivity index (χ3v) is 5.60. The molecule has 0 aromatic heterocycles. The second kappa shape index (κ2) is 7.68. The van der Waals surface area contributed by atoms with E-state index in [1.165, 1.54) is 13.8 Å². The number of hydrogen-bond acceptors (Lipinski definition) is 10. The molecular formula is C20H30O10. The zero-order valence-corrected chi connectivity index (χ0v) is 18.1. The van der Waals surface area contributed by atoms with Crippen LogP contribution in [0, 0.1) is 0 Å². The molecule has 4 aliphatic rings. The average molecular weight is 430 g/mol. The van der Waals surface area contributed by atoms with Gasteiger partial charge in [-0.1, -0.05) is 0 Å². The zero-order valence-electron chi connectivity index (χ0n) is 18.1. The van der Waals surface area contributed by atoms with Gasteiger partial charge in [-0.25, -0.2) is 0 Å². The first-order valence-electron chi connectivity index (χ1n) is 10.2. The van der Waals surface area contributed by atoms with Crippen LogP contribution in [0.3, 0.4) is 0 Å². The van der Waals surface area contributed by atoms with E-state index < -0.39 is 72.3 Å². The van der Waals surface area contributed by atoms with E-state index in [0.717, 1.165) is 0 Å². The monoisotopic (exact) mass is 430 g/mol. The first-order valence-corrected chi connectivity index (χ1v) is 10.2. The van der Waals surface area contributed by atoms with Crippen molar-refractivity contribution in [3.8, 4) is 0 Å². The molecule has 4 aliphatic heterocycles. The van der Waals surface area contributed by atoms with Crippen LogP contribution in [0.4, 0.5) is 0 Å². The molecule has 4 saturated heterocycles. The highest BCUT2D eigenvalue weighted by Crippen LogP contribution is 2.46. The van der Waals surface area contributed by atoms with Crippen molar-refractivity contribution < 1.29 is 47.5 Å². The largest absolute Gasteiger partial charge is 0.463 e. The molecule has 4 fully saturated rings. The standard InChI is InChI=1S/C20H30O10/c1-9(21)23-7-11-13-17(29-19(3,4)27-13)15(25-11)16-18-14(28-20(5,6)30-18)12(26-16)8-24-10(2)22/h11-18H,7-8H2,1-6H3/t11-,12+,13-,14+,15?,16?,17-,18+. The number of ether oxygens (including phenoxy) is 8. The second-order valence-corrected chi connectivity index (χ2v) is 9.01. The first-order chi connectivity index (χ1) is 14.0. The molecule has 30 heavy (non-hydrogen) atoms. The minimum absolute atomic E-state index is 0.0486. The lowest BCUT2D eigenvalue weighted by atomic mass is 9.99. The Bertz CT molecular complexity index is 633. The summed E-state index contributed by atoms with van der Waals surface area (Å²) in [5.41, 5.74) is 0. The lowest BCUT2D eigenvalue weighted by Crippen LogP contribution is -2.45. The molecule has 0 radical (unpaired) electrons. The van der Waals surface area contributed by atoms with Gasteiger partial charge in [0, 0.05) is 13.8 Å². The van der Waals surface area contributed by atoms with E-state index in [-0.39, 0.29) is 13.2 Å². The molecular weight excluding hydrogens is 400 g/mol. The Morgan fingerprint density at radius 2 is 0.967 bits per heavy atom. The summed E-state index contributed by atoms with van der Waals surface area (Å²) in [4.78, 5) is 22.6. The van der Waals surface area contributed by atoms with Gasteiger partial charge in [0.15, 0.2) is 11.6 Å². The van der Waals surface area contributed by atoms with Gasteiger partial charge in [0.05, 0.1) is 0 Å². The molecule has 4 rings (SSSR count). The number of carbonyl (C=O) groups is 2. The van der Waals surface area contributed by atoms with Crippen molar-refractivity contribution in [2.45, 2.75) is 102 Å². The number of rotatable bonds is 5. The molecule has 170 valence electrons. The van der Waals surface area contributed by atoms with Gasteiger partial charge in [-0.15, -0.1) is 0 Å². The Morgan fingerprint density at radius 3 is 1.30 bits per heavy atom. The van der Waals surface area contributed by atoms with Crippen LogP contribution in [0.2, 0.25) is 0 Å². The van der Waals surface area contributed by atoms with Crippen molar-refractivity contribution in [1.82, 2.24) is 0 Å². The normalized spacial score (nSPS) is 43.3. The van der Waals surface area contributed by atoms with Gasteiger partial charge < -0.3 is 37.9 Å². The van der Waals surface area contributed by atoms with Crippen molar-refractivity contribution in [1.29, 1.82) is 0 Å². The highest BCUT2D eigenvalue weighted by molar-refractivity contribution is 5.66. The lowest BCUT2D eigenvalue weighted by molar-refractivity contribution is -0.229. The zero-order chi connectivity index (χ0) is 21.8. The predicted octanol–water partition coefficient (Wildman–Crippen LogP) is 0.688. The summed E-state index contributed by atoms with van der Waals surface area (Å²) in [6.07, 6.45) is -3.80. The molecule has 10 heteroatoms. The minimum Gasteiger partial charge on any atom is -0.463 e. The third kappa shape index (κ3) is 4.21. The number of fused-ring (bicyclic) bond motifs is 2. The van der Waals surface area contributed by atoms with Crippen LogP contribution in [-0.2, 0) is 47.5 Å². The van der Waals surface area contributed by atoms with E-state index in [1.807, 2.05) is 27.7 Å². The maximum atomic E-state index is 11.3. The van der Waals surface area contributed by atoms with Crippen LogP contribution in [0.25, 0.3) is 0 Å². The van der Waals surface area contributed by atoms with E-state index in [4.69, 9.17) is 37.9 Å². The molecule has 0 amide bonds. The van der Waals surface area contributed by atoms with Crippen molar-refractivity contribution in [2.75, 3.05) is 13.2 Å². The Balaban J connectivity index is 1.55. The van der Waals surface area contributed by atoms with Crippen LogP contribution >= 0.6 is 0 Å². The SMILES string of the molecule is CC(=O)OC[C@@H]1OC(C2O[C@H](COC(C)=O)[C@H]3OC(C)(C)O[C@@H]23)[C@H]2OC(C)(C)O[C@@H]12. The van der Waals surface area contributed by atoms with Crippen LogP contribution < -0.4 is 0 Å². The maximum absolute atomic E-state index is 11.3. The smallest absolute Gasteiger partial charge is 0.302 e. The molecule has 0 N–H and O–H groups in total. The molecule has 8 atom stereocenters. The molecule has 2 unspecified atom stereocenters. The average Bonchev–Trinajstić information content (AvgIpc) is 3.28. The Hall–Kier alpha value is -1.30. The molecule has 0 bridgehead atoms. The lowest BCUT2D eigenvalue weighted by Gasteiger charge is -2.30. The van der Waals surface area contributed by atoms with Crippen LogP contribution in [0.1, 0.15) is 41.5 Å². The summed E-state index contributed by atoms with van der Waals surface area (Å²) in [6.45, 7) is 10.1. The summed E-state index contributed by atoms with van der Waals surface area (Å²) in [6, 6.07) is 0. The number of hydrogen-bond donors (Lipinski definition) is 0. The Kier molecular flexibility index (Phi) is 5.61. The van der Waals surface area contributed by atoms with Crippen LogP contribution in [0.5, 0.6) is 0 Å². The van der Waals surface area contributed by atoms with Crippen molar-refractivity contribution in [2.24, 2.45) is 0 Å². The molecule has 0 spiro atoms. The van der Waals surface area contributed by atoms with Crippen LogP contribution in [-0.4, -0.2) is 85.6 Å². The minimum atomic E-state index is -0.812. The van der Waals surface area contributed by atoms with E-state index in [2.05, 4.69) is 0 Å². The molecule has 0 aromatic carbocycles. The van der Waals surface area contributed by atoms with Crippen molar-refractivity contribution >= 4 is 11.9 Å². The fraction of sp³-hybridized carbons (Fsp3) is 0.900. The van der Waals surface area contributed by atoms with Gasteiger partial charge in [-0.2, -0.15) is 0 Å². The third-order valence-electron chi connectivity index (χ3n) is 5.60. The summed E-state index contributed by atoms with van der Waals surface area (Å²) < 4.78 is 47.1. The maximum Gasteiger partial charge on any atom is 0.302 e. The quantitative estimate of drug-likeness (QED) is 0.578. The van der Waals surface area contributed by atoms with Gasteiger partial charge in [0.25, 0.3) is 0 Å². The molecule has 0 aliphatic carbocycles. The Labute approximate surface area is 175 Å². The van der Waals surface area contributed by atoms with E-state index in [1.54, 1.807) is 0 Å². The number of carbonyl (C=O) groups excluding carboxylic acids is 2. The Morgan fingerprint density at radius 1 is 0.633 bits per heavy atom. The first kappa shape index (κ1) is 21.9. The number of esters is 2. The van der Waals surface area contributed by atoms with E-state index >= 15 is 0 Å². The van der Waals surface area contributed by atoms with Crippen molar-refractivity contribution in [3.05, 3.63) is 0 Å². The van der Waals surface area contributed by atoms with Crippen LogP contribution in [0.15, 0.2) is 0 Å². The van der Waals surface area contributed by atoms with Gasteiger partial charge in [0.1, 0.15) is 62.0 Å². The molecule has 10 nitrogen and oxygen atoms in total. The van der Waals surface area contributed by atoms with Gasteiger partial charge >= 0.3 is 11.9 Å². The molecule has 0 aromatic rings. The molecule has 0 saturated carbocycles. The fourth-order valence-electron chi connectivity index (χ4n) is 4.63. The van der Waals surface area contributed by atoms with Crippen molar-refractivity contribution in [3.63, 3.8) is 0 Å². The predicted molar refractivity (Wildman–Crippen MR) is 98.2 cm³/mol. The summed E-state index contributed by atoms with van der Waals surface area (Å²) >= 11 is 0. The summed E-state index contributed by atoms with van der Waals surface area (Å²) in [7, 11) is 0. The summed E-state index contributed by atoms with van der Waals surface area (Å²) in [5.74, 6) is -2.42. The molecule has 4 heterocycles. The second-order valence-electron chi connectivity index (χ2n) is 9.01. The van der Waals surface area contributed by atoms with E-state index in [0.29, 0.717) is 0 Å². The van der Waals surface area contributed by atoms with E-state index in [9.17, 15) is 9.59 Å². The van der Waals surface area contributed by atoms with Gasteiger partial charge in [0.2, 0.25) is 0 Å². The van der Waals surface area contributed by atoms with Gasteiger partial charge in [-0.3, -0.25) is 9.59 Å².